The van der Waals surface area contributed by atoms with Crippen LogP contribution in [0, 0.1) is 23.0 Å². The molecule has 0 amide bonds. The third-order valence-corrected chi connectivity index (χ3v) is 3.85. The van der Waals surface area contributed by atoms with Gasteiger partial charge in [-0.25, -0.2) is 18.0 Å². The largest absolute Gasteiger partial charge is 0.462 e. The summed E-state index contributed by atoms with van der Waals surface area (Å²) in [7, 11) is 0. The minimum Gasteiger partial charge on any atom is -0.462 e. The van der Waals surface area contributed by atoms with Crippen LogP contribution in [0.1, 0.15) is 35.3 Å². The van der Waals surface area contributed by atoms with Gasteiger partial charge >= 0.3 is 5.97 Å². The number of halogens is 3. The van der Waals surface area contributed by atoms with Crippen LogP contribution in [-0.2, 0) is 4.74 Å². The number of hydrogen-bond donors (Lipinski definition) is 0. The van der Waals surface area contributed by atoms with Crippen LogP contribution in [-0.4, -0.2) is 23.3 Å². The molecule has 0 N–H and O–H groups in total. The van der Waals surface area contributed by atoms with Gasteiger partial charge in [-0.05, 0) is 13.0 Å². The van der Waals surface area contributed by atoms with Crippen LogP contribution < -0.4 is 5.43 Å². The van der Waals surface area contributed by atoms with Crippen molar-refractivity contribution in [1.82, 2.24) is 4.57 Å². The summed E-state index contributed by atoms with van der Waals surface area (Å²) in [6.45, 7) is 1.55. The van der Waals surface area contributed by atoms with Gasteiger partial charge in [-0.2, -0.15) is 5.26 Å². The number of nitrogens with zero attached hydrogens (tertiary/aromatic N) is 2. The van der Waals surface area contributed by atoms with Crippen molar-refractivity contribution in [2.24, 2.45) is 0 Å². The Balaban J connectivity index is 2.43. The molecule has 1 aromatic carbocycles. The number of hydrogen-bond acceptors (Lipinski definition) is 4. The highest BCUT2D eigenvalue weighted by atomic mass is 19.2. The number of nitriles is 1. The standard InChI is InChI=1S/C16H11F3N2O3/c1-2-24-16(23)9-6-21(12-4-10(12)17)14-7(15(9)22)3-11(18)13(19)8(14)5-20/h3,6,10,12H,2,4H2,1H3/t10-,12?/m0/s1. The van der Waals surface area contributed by atoms with Crippen LogP contribution in [0.4, 0.5) is 13.2 Å². The van der Waals surface area contributed by atoms with E-state index in [0.717, 1.165) is 10.8 Å². The van der Waals surface area contributed by atoms with Gasteiger partial charge in [0.25, 0.3) is 0 Å². The lowest BCUT2D eigenvalue weighted by Crippen LogP contribution is -2.22. The minimum atomic E-state index is -1.42. The molecule has 0 bridgehead atoms. The Kier molecular flexibility index (Phi) is 3.79. The maximum atomic E-state index is 13.9. The lowest BCUT2D eigenvalue weighted by Gasteiger charge is -2.14. The molecule has 5 nitrogen and oxygen atoms in total. The van der Waals surface area contributed by atoms with Gasteiger partial charge in [0.05, 0.1) is 23.6 Å². The summed E-state index contributed by atoms with van der Waals surface area (Å²) in [5.74, 6) is -3.76. The highest BCUT2D eigenvalue weighted by Crippen LogP contribution is 2.41. The number of carbonyl (C=O) groups excluding carboxylic acids is 1. The third kappa shape index (κ3) is 2.33. The highest BCUT2D eigenvalue weighted by Gasteiger charge is 2.41. The molecule has 3 rings (SSSR count). The van der Waals surface area contributed by atoms with Crippen LogP contribution in [0.2, 0.25) is 0 Å². The fraction of sp³-hybridized carbons (Fsp3) is 0.312. The number of rotatable bonds is 3. The molecule has 1 saturated carbocycles. The fourth-order valence-corrected chi connectivity index (χ4v) is 2.62. The zero-order valence-electron chi connectivity index (χ0n) is 12.5. The van der Waals surface area contributed by atoms with E-state index in [2.05, 4.69) is 0 Å². The van der Waals surface area contributed by atoms with Crippen LogP contribution in [0.3, 0.4) is 0 Å². The molecule has 0 radical (unpaired) electrons. The number of alkyl halides is 1. The molecule has 1 aliphatic carbocycles. The van der Waals surface area contributed by atoms with Crippen LogP contribution in [0.15, 0.2) is 17.1 Å². The Morgan fingerprint density at radius 3 is 2.71 bits per heavy atom. The van der Waals surface area contributed by atoms with E-state index in [4.69, 9.17) is 10.00 Å². The summed E-state index contributed by atoms with van der Waals surface area (Å²) < 4.78 is 47.1. The Hall–Kier alpha value is -2.82. The number of esters is 1. The molecule has 2 aromatic rings. The number of aromatic nitrogens is 1. The molecule has 1 heterocycles. The second-order valence-corrected chi connectivity index (χ2v) is 5.37. The average molecular weight is 336 g/mol. The molecule has 1 unspecified atom stereocenters. The summed E-state index contributed by atoms with van der Waals surface area (Å²) in [4.78, 5) is 24.4. The van der Waals surface area contributed by atoms with E-state index in [1.807, 2.05) is 0 Å². The van der Waals surface area contributed by atoms with E-state index in [0.29, 0.717) is 6.07 Å². The normalized spacial score (nSPS) is 19.1. The van der Waals surface area contributed by atoms with Crippen molar-refractivity contribution in [3.63, 3.8) is 0 Å². The van der Waals surface area contributed by atoms with E-state index in [1.54, 1.807) is 6.92 Å². The Morgan fingerprint density at radius 2 is 2.17 bits per heavy atom. The zero-order chi connectivity index (χ0) is 17.6. The zero-order valence-corrected chi connectivity index (χ0v) is 12.5. The topological polar surface area (TPSA) is 72.1 Å². The Labute approximate surface area is 133 Å². The molecular formula is C16H11F3N2O3. The first-order valence-corrected chi connectivity index (χ1v) is 7.18. The van der Waals surface area contributed by atoms with Crippen molar-refractivity contribution >= 4 is 16.9 Å². The van der Waals surface area contributed by atoms with Crippen LogP contribution >= 0.6 is 0 Å². The van der Waals surface area contributed by atoms with Gasteiger partial charge < -0.3 is 9.30 Å². The molecular weight excluding hydrogens is 325 g/mol. The van der Waals surface area contributed by atoms with E-state index >= 15 is 0 Å². The molecule has 124 valence electrons. The van der Waals surface area contributed by atoms with Gasteiger partial charge in [-0.3, -0.25) is 4.79 Å². The van der Waals surface area contributed by atoms with Gasteiger partial charge in [0.1, 0.15) is 23.4 Å². The van der Waals surface area contributed by atoms with Gasteiger partial charge in [0.15, 0.2) is 11.6 Å². The molecule has 0 spiro atoms. The SMILES string of the molecule is CCOC(=O)c1cn(C2C[C@@H]2F)c2c(C#N)c(F)c(F)cc2c1=O. The van der Waals surface area contributed by atoms with Gasteiger partial charge in [-0.1, -0.05) is 0 Å². The quantitative estimate of drug-likeness (QED) is 0.808. The van der Waals surface area contributed by atoms with Crippen molar-refractivity contribution in [3.8, 4) is 6.07 Å². The number of fused-ring (bicyclic) bond motifs is 1. The molecule has 24 heavy (non-hydrogen) atoms. The number of ether oxygens (including phenoxy) is 1. The molecule has 2 atom stereocenters. The number of benzene rings is 1. The summed E-state index contributed by atoms with van der Waals surface area (Å²) >= 11 is 0. The fourth-order valence-electron chi connectivity index (χ4n) is 2.62. The molecule has 1 aliphatic rings. The lowest BCUT2D eigenvalue weighted by molar-refractivity contribution is 0.0524. The minimum absolute atomic E-state index is 0.00665. The smallest absolute Gasteiger partial charge is 0.343 e. The van der Waals surface area contributed by atoms with Crippen LogP contribution in [0.5, 0.6) is 0 Å². The predicted molar refractivity (Wildman–Crippen MR) is 77.3 cm³/mol. The molecule has 0 saturated heterocycles. The Bertz CT molecular complexity index is 962. The van der Waals surface area contributed by atoms with Crippen molar-refractivity contribution in [1.29, 1.82) is 5.26 Å². The molecule has 1 aromatic heterocycles. The molecule has 0 aliphatic heterocycles. The number of carbonyl (C=O) groups is 1. The second-order valence-electron chi connectivity index (χ2n) is 5.37. The lowest BCUT2D eigenvalue weighted by atomic mass is 10.1. The summed E-state index contributed by atoms with van der Waals surface area (Å²) in [6.07, 6.45) is -0.125. The van der Waals surface area contributed by atoms with Crippen molar-refractivity contribution in [3.05, 3.63) is 45.2 Å². The summed E-state index contributed by atoms with van der Waals surface area (Å²) in [6, 6.07) is 1.37. The molecule has 1 fully saturated rings. The number of pyridine rings is 1. The van der Waals surface area contributed by atoms with Crippen molar-refractivity contribution < 1.29 is 22.7 Å². The average Bonchev–Trinajstić information content (AvgIpc) is 3.26. The Morgan fingerprint density at radius 1 is 1.50 bits per heavy atom. The molecule has 8 heteroatoms. The van der Waals surface area contributed by atoms with E-state index in [9.17, 15) is 22.8 Å². The van der Waals surface area contributed by atoms with E-state index in [-0.39, 0.29) is 23.9 Å². The van der Waals surface area contributed by atoms with Gasteiger partial charge in [-0.15, -0.1) is 0 Å². The van der Waals surface area contributed by atoms with Gasteiger partial charge in [0.2, 0.25) is 5.43 Å². The second kappa shape index (κ2) is 5.67. The van der Waals surface area contributed by atoms with Crippen molar-refractivity contribution in [2.75, 3.05) is 6.61 Å². The predicted octanol–water partition coefficient (Wildman–Crippen LogP) is 2.61. The highest BCUT2D eigenvalue weighted by molar-refractivity contribution is 5.95. The first kappa shape index (κ1) is 16.1. The van der Waals surface area contributed by atoms with E-state index in [1.165, 1.54) is 6.07 Å². The third-order valence-electron chi connectivity index (χ3n) is 3.85. The monoisotopic (exact) mass is 336 g/mol. The first-order valence-electron chi connectivity index (χ1n) is 7.18. The van der Waals surface area contributed by atoms with Gasteiger partial charge in [0, 0.05) is 12.6 Å². The summed E-state index contributed by atoms with van der Waals surface area (Å²) in [5.41, 5.74) is -2.24. The van der Waals surface area contributed by atoms with E-state index < -0.39 is 46.4 Å². The summed E-state index contributed by atoms with van der Waals surface area (Å²) in [5, 5.41) is 8.76. The van der Waals surface area contributed by atoms with Crippen LogP contribution in [0.25, 0.3) is 10.9 Å². The first-order chi connectivity index (χ1) is 11.4. The maximum Gasteiger partial charge on any atom is 0.343 e. The maximum absolute atomic E-state index is 13.9. The van der Waals surface area contributed by atoms with Crippen molar-refractivity contribution in [2.45, 2.75) is 25.6 Å².